The average Bonchev–Trinajstić information content (AvgIpc) is 2.76. The molecule has 1 amide bonds. The molecule has 0 aliphatic rings. The molecule has 1 aromatic heterocycles. The van der Waals surface area contributed by atoms with Crippen molar-refractivity contribution in [3.8, 4) is 11.5 Å². The van der Waals surface area contributed by atoms with Gasteiger partial charge in [-0.05, 0) is 48.9 Å². The lowest BCUT2D eigenvalue weighted by atomic mass is 10.1. The summed E-state index contributed by atoms with van der Waals surface area (Å²) in [5, 5.41) is 0.944. The van der Waals surface area contributed by atoms with E-state index < -0.39 is 0 Å². The Morgan fingerprint density at radius 3 is 2.71 bits per heavy atom. The van der Waals surface area contributed by atoms with Crippen molar-refractivity contribution >= 4 is 34.5 Å². The maximum atomic E-state index is 12.9. The number of nitrogens with one attached hydrogen (secondary N) is 1. The highest BCUT2D eigenvalue weighted by atomic mass is 35.5. The molecule has 3 rings (SSSR count). The van der Waals surface area contributed by atoms with Crippen LogP contribution in [0.5, 0.6) is 11.5 Å². The largest absolute Gasteiger partial charge is 0.497 e. The van der Waals surface area contributed by atoms with Crippen LogP contribution in [0.15, 0.2) is 47.3 Å². The Kier molecular flexibility index (Phi) is 7.31. The van der Waals surface area contributed by atoms with Gasteiger partial charge in [0.1, 0.15) is 17.3 Å². The van der Waals surface area contributed by atoms with E-state index in [-0.39, 0.29) is 18.0 Å². The second-order valence-corrected chi connectivity index (χ2v) is 7.31. The van der Waals surface area contributed by atoms with Gasteiger partial charge < -0.3 is 19.4 Å². The van der Waals surface area contributed by atoms with Crippen LogP contribution in [0.3, 0.4) is 0 Å². The molecule has 1 N–H and O–H groups in total. The number of H-pyrrole nitrogens is 1. The van der Waals surface area contributed by atoms with Gasteiger partial charge in [0, 0.05) is 23.2 Å². The molecule has 0 aliphatic heterocycles. The second-order valence-electron chi connectivity index (χ2n) is 6.88. The van der Waals surface area contributed by atoms with Crippen LogP contribution in [-0.4, -0.2) is 41.5 Å². The molecule has 8 heteroatoms. The number of carbonyl (C=O) groups excluding carboxylic acids is 1. The van der Waals surface area contributed by atoms with Crippen molar-refractivity contribution < 1.29 is 14.3 Å². The van der Waals surface area contributed by atoms with Crippen LogP contribution in [0, 0.1) is 0 Å². The van der Waals surface area contributed by atoms with E-state index in [9.17, 15) is 9.59 Å². The molecular formula is C23H24ClN3O4. The minimum atomic E-state index is -0.266. The summed E-state index contributed by atoms with van der Waals surface area (Å²) >= 11 is 6.03. The predicted molar refractivity (Wildman–Crippen MR) is 122 cm³/mol. The Balaban J connectivity index is 1.85. The monoisotopic (exact) mass is 441 g/mol. The molecule has 2 aromatic carbocycles. The number of ether oxygens (including phenoxy) is 2. The molecule has 0 atom stereocenters. The number of nitrogens with zero attached hydrogens (tertiary/aromatic N) is 2. The summed E-state index contributed by atoms with van der Waals surface area (Å²) < 4.78 is 10.6. The van der Waals surface area contributed by atoms with Crippen LogP contribution < -0.4 is 15.0 Å². The number of rotatable bonds is 8. The van der Waals surface area contributed by atoms with Crippen LogP contribution in [0.2, 0.25) is 5.02 Å². The van der Waals surface area contributed by atoms with Gasteiger partial charge in [0.15, 0.2) is 0 Å². The number of aromatic nitrogens is 2. The summed E-state index contributed by atoms with van der Waals surface area (Å²) in [6.45, 7) is 2.66. The summed E-state index contributed by atoms with van der Waals surface area (Å²) in [5.41, 5.74) is 0.947. The highest BCUT2D eigenvalue weighted by molar-refractivity contribution is 6.31. The molecule has 31 heavy (non-hydrogen) atoms. The van der Waals surface area contributed by atoms with E-state index in [1.165, 1.54) is 6.08 Å². The molecular weight excluding hydrogens is 418 g/mol. The van der Waals surface area contributed by atoms with Crippen molar-refractivity contribution in [3.05, 3.63) is 69.2 Å². The van der Waals surface area contributed by atoms with Gasteiger partial charge in [0.25, 0.3) is 5.56 Å². The third-order valence-corrected chi connectivity index (χ3v) is 4.94. The standard InChI is InChI=1S/C23H24ClN3O4/c1-4-11-27(14-21-25-19-13-16(24)6-8-18(19)23(29)26-21)22(28)10-5-15-12-17(30-2)7-9-20(15)31-3/h5-10,12-13H,4,11,14H2,1-3H3,(H,25,26,29)/b10-5+. The van der Waals surface area contributed by atoms with E-state index >= 15 is 0 Å². The predicted octanol–water partition coefficient (Wildman–Crippen LogP) is 4.05. The van der Waals surface area contributed by atoms with Crippen LogP contribution in [-0.2, 0) is 11.3 Å². The SMILES string of the molecule is CCCN(Cc1nc2cc(Cl)ccc2c(=O)[nH]1)C(=O)/C=C/c1cc(OC)ccc1OC. The van der Waals surface area contributed by atoms with Gasteiger partial charge in [0.05, 0.1) is 31.7 Å². The average molecular weight is 442 g/mol. The zero-order chi connectivity index (χ0) is 22.4. The zero-order valence-corrected chi connectivity index (χ0v) is 18.4. The summed E-state index contributed by atoms with van der Waals surface area (Å²) in [4.78, 5) is 34.1. The molecule has 0 spiro atoms. The lowest BCUT2D eigenvalue weighted by Gasteiger charge is -2.20. The Hall–Kier alpha value is -3.32. The number of amides is 1. The maximum absolute atomic E-state index is 12.9. The molecule has 3 aromatic rings. The Bertz CT molecular complexity index is 1170. The van der Waals surface area contributed by atoms with Crippen molar-refractivity contribution in [3.63, 3.8) is 0 Å². The van der Waals surface area contributed by atoms with Gasteiger partial charge in [-0.1, -0.05) is 18.5 Å². The summed E-state index contributed by atoms with van der Waals surface area (Å²) in [5.74, 6) is 1.48. The number of benzene rings is 2. The molecule has 0 aliphatic carbocycles. The van der Waals surface area contributed by atoms with Crippen LogP contribution in [0.25, 0.3) is 17.0 Å². The number of hydrogen-bond donors (Lipinski definition) is 1. The van der Waals surface area contributed by atoms with Crippen LogP contribution in [0.4, 0.5) is 0 Å². The molecule has 0 fully saturated rings. The van der Waals surface area contributed by atoms with E-state index in [0.29, 0.717) is 39.8 Å². The number of carbonyl (C=O) groups is 1. The van der Waals surface area contributed by atoms with Crippen molar-refractivity contribution in [1.29, 1.82) is 0 Å². The molecule has 162 valence electrons. The van der Waals surface area contributed by atoms with E-state index in [1.54, 1.807) is 61.6 Å². The summed E-state index contributed by atoms with van der Waals surface area (Å²) in [6, 6.07) is 10.3. The summed E-state index contributed by atoms with van der Waals surface area (Å²) in [7, 11) is 3.15. The molecule has 7 nitrogen and oxygen atoms in total. The van der Waals surface area contributed by atoms with Gasteiger partial charge in [-0.25, -0.2) is 4.98 Å². The number of halogens is 1. The number of hydrogen-bond acceptors (Lipinski definition) is 5. The first-order valence-electron chi connectivity index (χ1n) is 9.82. The van der Waals surface area contributed by atoms with Crippen molar-refractivity contribution in [1.82, 2.24) is 14.9 Å². The fourth-order valence-electron chi connectivity index (χ4n) is 3.19. The fourth-order valence-corrected chi connectivity index (χ4v) is 3.36. The highest BCUT2D eigenvalue weighted by Gasteiger charge is 2.14. The van der Waals surface area contributed by atoms with Crippen molar-refractivity contribution in [2.75, 3.05) is 20.8 Å². The molecule has 0 saturated carbocycles. The van der Waals surface area contributed by atoms with E-state index in [1.807, 2.05) is 6.92 Å². The second kappa shape index (κ2) is 10.1. The van der Waals surface area contributed by atoms with Crippen molar-refractivity contribution in [2.45, 2.75) is 19.9 Å². The van der Waals surface area contributed by atoms with Gasteiger partial charge in [-0.15, -0.1) is 0 Å². The third kappa shape index (κ3) is 5.44. The number of aromatic amines is 1. The summed E-state index contributed by atoms with van der Waals surface area (Å²) in [6.07, 6.45) is 3.91. The molecule has 0 unspecified atom stereocenters. The van der Waals surface area contributed by atoms with E-state index in [4.69, 9.17) is 21.1 Å². The smallest absolute Gasteiger partial charge is 0.258 e. The van der Waals surface area contributed by atoms with Gasteiger partial charge in [-0.2, -0.15) is 0 Å². The van der Waals surface area contributed by atoms with Crippen LogP contribution in [0.1, 0.15) is 24.7 Å². The van der Waals surface area contributed by atoms with Crippen molar-refractivity contribution in [2.24, 2.45) is 0 Å². The molecule has 0 saturated heterocycles. The first kappa shape index (κ1) is 22.4. The van der Waals surface area contributed by atoms with E-state index in [2.05, 4.69) is 9.97 Å². The first-order valence-corrected chi connectivity index (χ1v) is 10.2. The van der Waals surface area contributed by atoms with Gasteiger partial charge in [-0.3, -0.25) is 9.59 Å². The quantitative estimate of drug-likeness (QED) is 0.533. The first-order chi connectivity index (χ1) is 14.9. The topological polar surface area (TPSA) is 84.5 Å². The van der Waals surface area contributed by atoms with Gasteiger partial charge in [0.2, 0.25) is 5.91 Å². The zero-order valence-electron chi connectivity index (χ0n) is 17.6. The minimum Gasteiger partial charge on any atom is -0.497 e. The maximum Gasteiger partial charge on any atom is 0.258 e. The van der Waals surface area contributed by atoms with Crippen LogP contribution >= 0.6 is 11.6 Å². The molecule has 0 bridgehead atoms. The highest BCUT2D eigenvalue weighted by Crippen LogP contribution is 2.25. The molecule has 1 heterocycles. The van der Waals surface area contributed by atoms with Gasteiger partial charge >= 0.3 is 0 Å². The Morgan fingerprint density at radius 2 is 2.00 bits per heavy atom. The number of methoxy groups -OCH3 is 2. The lowest BCUT2D eigenvalue weighted by Crippen LogP contribution is -2.31. The Morgan fingerprint density at radius 1 is 1.19 bits per heavy atom. The third-order valence-electron chi connectivity index (χ3n) is 4.71. The molecule has 0 radical (unpaired) electrons. The Labute approximate surface area is 185 Å². The lowest BCUT2D eigenvalue weighted by molar-refractivity contribution is -0.126. The fraction of sp³-hybridized carbons (Fsp3) is 0.261. The normalized spacial score (nSPS) is 11.1. The number of fused-ring (bicyclic) bond motifs is 1. The van der Waals surface area contributed by atoms with E-state index in [0.717, 1.165) is 12.0 Å². The minimum absolute atomic E-state index is 0.171.